The zero-order valence-corrected chi connectivity index (χ0v) is 11.8. The van der Waals surface area contributed by atoms with Crippen molar-refractivity contribution in [2.24, 2.45) is 4.99 Å². The van der Waals surface area contributed by atoms with Gasteiger partial charge in [0.15, 0.2) is 10.4 Å². The number of amidine groups is 1. The van der Waals surface area contributed by atoms with Crippen LogP contribution in [0.5, 0.6) is 0 Å². The van der Waals surface area contributed by atoms with Gasteiger partial charge in [0, 0.05) is 6.54 Å². The van der Waals surface area contributed by atoms with Gasteiger partial charge in [-0.3, -0.25) is 15.6 Å². The van der Waals surface area contributed by atoms with Gasteiger partial charge in [0.2, 0.25) is 0 Å². The minimum Gasteiger partial charge on any atom is -0.399 e. The van der Waals surface area contributed by atoms with E-state index in [0.717, 1.165) is 44.7 Å². The first kappa shape index (κ1) is 15.6. The Morgan fingerprint density at radius 1 is 1.06 bits per heavy atom. The van der Waals surface area contributed by atoms with E-state index in [1.807, 2.05) is 0 Å². The maximum absolute atomic E-state index is 4.50. The summed E-state index contributed by atoms with van der Waals surface area (Å²) in [6.45, 7) is 9.27. The fourth-order valence-corrected chi connectivity index (χ4v) is 1.50. The molecule has 5 heteroatoms. The number of rotatable bonds is 9. The van der Waals surface area contributed by atoms with Crippen molar-refractivity contribution in [1.82, 2.24) is 15.6 Å². The Morgan fingerprint density at radius 3 is 2.00 bits per heavy atom. The second kappa shape index (κ2) is 11.1. The van der Waals surface area contributed by atoms with Crippen LogP contribution in [0.4, 0.5) is 0 Å². The number of hydrogen-bond donors (Lipinski definition) is 3. The molecule has 0 bridgehead atoms. The smallest absolute Gasteiger partial charge is 0.187 e. The molecule has 93 valence electrons. The first-order valence-corrected chi connectivity index (χ1v) is 6.73. The number of nitrogens with one attached hydrogen (secondary N) is 3. The predicted molar refractivity (Wildman–Crippen MR) is 71.9 cm³/mol. The Bertz CT molecular complexity index is 177. The van der Waals surface area contributed by atoms with Crippen LogP contribution in [0.1, 0.15) is 40.0 Å². The Morgan fingerprint density at radius 2 is 1.62 bits per heavy atom. The van der Waals surface area contributed by atoms with Gasteiger partial charge in [0.05, 0.1) is 0 Å². The summed E-state index contributed by atoms with van der Waals surface area (Å²) in [6.07, 6.45) is 3.41. The summed E-state index contributed by atoms with van der Waals surface area (Å²) in [5.74, 6) is 0.931. The molecular weight excluding hydrogens is 216 g/mol. The average molecular weight is 241 g/mol. The molecule has 0 aliphatic rings. The lowest BCUT2D eigenvalue weighted by Gasteiger charge is -2.21. The molecule has 0 unspecified atom stereocenters. The van der Waals surface area contributed by atoms with E-state index >= 15 is 0 Å². The molecule has 0 spiro atoms. The minimum absolute atomic E-state index is 0.115. The van der Waals surface area contributed by atoms with Gasteiger partial charge in [0.25, 0.3) is 0 Å². The molecule has 0 heterocycles. The van der Waals surface area contributed by atoms with Crippen LogP contribution in [-0.2, 0) is 0 Å². The highest BCUT2D eigenvalue weighted by atomic mass is 28.2. The standard InChI is InChI=1S/C11H25N4Si/c1-4-7-12-10(13-8-5-2)11(15-16)14-9-6-3/h10,12-13H,4-9H2,1-3H3,(H,14,15). The maximum Gasteiger partial charge on any atom is 0.187 e. The van der Waals surface area contributed by atoms with Crippen molar-refractivity contribution in [2.75, 3.05) is 19.6 Å². The molecule has 0 amide bonds. The molecule has 0 saturated heterocycles. The Balaban J connectivity index is 4.29. The predicted octanol–water partition coefficient (Wildman–Crippen LogP) is 0.793. The molecular formula is C11H25N4Si. The summed E-state index contributed by atoms with van der Waals surface area (Å²) in [4.78, 5) is 7.48. The molecule has 0 saturated carbocycles. The normalized spacial score (nSPS) is 12.2. The van der Waals surface area contributed by atoms with Crippen LogP contribution in [0, 0.1) is 0 Å². The van der Waals surface area contributed by atoms with Crippen molar-refractivity contribution >= 4 is 16.2 Å². The highest BCUT2D eigenvalue weighted by Crippen LogP contribution is 1.88. The molecule has 0 aromatic heterocycles. The highest BCUT2D eigenvalue weighted by Gasteiger charge is 2.11. The first-order chi connectivity index (χ1) is 7.79. The van der Waals surface area contributed by atoms with Crippen LogP contribution in [0.3, 0.4) is 0 Å². The maximum atomic E-state index is 4.50. The molecule has 0 aromatic carbocycles. The quantitative estimate of drug-likeness (QED) is 0.242. The molecule has 3 radical (unpaired) electrons. The van der Waals surface area contributed by atoms with Gasteiger partial charge in [-0.05, 0) is 32.4 Å². The molecule has 0 rings (SSSR count). The lowest BCUT2D eigenvalue weighted by molar-refractivity contribution is 0.507. The second-order valence-electron chi connectivity index (χ2n) is 3.73. The molecule has 4 nitrogen and oxygen atoms in total. The van der Waals surface area contributed by atoms with E-state index in [1.54, 1.807) is 0 Å². The third-order valence-electron chi connectivity index (χ3n) is 2.10. The van der Waals surface area contributed by atoms with Crippen LogP contribution in [0.15, 0.2) is 4.99 Å². The summed E-state index contributed by atoms with van der Waals surface area (Å²) >= 11 is 0. The first-order valence-electron chi connectivity index (χ1n) is 6.23. The lowest BCUT2D eigenvalue weighted by atomic mass is 10.3. The average Bonchev–Trinajstić information content (AvgIpc) is 2.32. The Kier molecular flexibility index (Phi) is 10.8. The van der Waals surface area contributed by atoms with Crippen LogP contribution in [0.25, 0.3) is 0 Å². The summed E-state index contributed by atoms with van der Waals surface area (Å²) in [7, 11) is 3.32. The monoisotopic (exact) mass is 241 g/mol. The van der Waals surface area contributed by atoms with Gasteiger partial charge < -0.3 is 4.98 Å². The van der Waals surface area contributed by atoms with E-state index in [2.05, 4.69) is 51.8 Å². The van der Waals surface area contributed by atoms with Gasteiger partial charge in [-0.15, -0.1) is 0 Å². The van der Waals surface area contributed by atoms with E-state index in [1.165, 1.54) is 0 Å². The molecule has 16 heavy (non-hydrogen) atoms. The van der Waals surface area contributed by atoms with Crippen LogP contribution in [-0.4, -0.2) is 42.0 Å². The summed E-state index contributed by atoms with van der Waals surface area (Å²) < 4.78 is 0. The molecule has 0 fully saturated rings. The topological polar surface area (TPSA) is 48.5 Å². The number of hydrogen-bond acceptors (Lipinski definition) is 3. The molecule has 0 aliphatic carbocycles. The third kappa shape index (κ3) is 6.98. The SMILES string of the molecule is CCCN=C(N[Si])C(NCCC)NCCC. The lowest BCUT2D eigenvalue weighted by Crippen LogP contribution is -2.53. The minimum atomic E-state index is 0.115. The van der Waals surface area contributed by atoms with Crippen molar-refractivity contribution in [3.8, 4) is 0 Å². The van der Waals surface area contributed by atoms with Gasteiger partial charge >= 0.3 is 0 Å². The zero-order valence-electron chi connectivity index (χ0n) is 10.8. The van der Waals surface area contributed by atoms with Crippen LogP contribution < -0.4 is 15.6 Å². The van der Waals surface area contributed by atoms with E-state index in [-0.39, 0.29) is 6.17 Å². The van der Waals surface area contributed by atoms with E-state index in [9.17, 15) is 0 Å². The second-order valence-corrected chi connectivity index (χ2v) is 3.98. The molecule has 0 atom stereocenters. The van der Waals surface area contributed by atoms with Crippen LogP contribution in [0.2, 0.25) is 0 Å². The highest BCUT2D eigenvalue weighted by molar-refractivity contribution is 6.16. The molecule has 0 aliphatic heterocycles. The summed E-state index contributed by atoms with van der Waals surface area (Å²) in [5, 5.41) is 6.86. The molecule has 3 N–H and O–H groups in total. The summed E-state index contributed by atoms with van der Waals surface area (Å²) in [6, 6.07) is 0. The summed E-state index contributed by atoms with van der Waals surface area (Å²) in [5.41, 5.74) is 0. The van der Waals surface area contributed by atoms with Crippen molar-refractivity contribution in [1.29, 1.82) is 0 Å². The van der Waals surface area contributed by atoms with E-state index < -0.39 is 0 Å². The van der Waals surface area contributed by atoms with Gasteiger partial charge in [0.1, 0.15) is 12.0 Å². The fourth-order valence-electron chi connectivity index (χ4n) is 1.28. The molecule has 0 aromatic rings. The van der Waals surface area contributed by atoms with Gasteiger partial charge in [-0.2, -0.15) is 0 Å². The van der Waals surface area contributed by atoms with Crippen molar-refractivity contribution in [3.05, 3.63) is 0 Å². The largest absolute Gasteiger partial charge is 0.399 e. The Hall–Kier alpha value is -0.393. The fraction of sp³-hybridized carbons (Fsp3) is 0.909. The van der Waals surface area contributed by atoms with E-state index in [4.69, 9.17) is 0 Å². The number of nitrogens with zero attached hydrogens (tertiary/aromatic N) is 1. The van der Waals surface area contributed by atoms with Gasteiger partial charge in [-0.25, -0.2) is 0 Å². The Labute approximate surface area is 103 Å². The number of aliphatic imine (C=N–C) groups is 1. The van der Waals surface area contributed by atoms with Gasteiger partial charge in [-0.1, -0.05) is 20.8 Å². The van der Waals surface area contributed by atoms with Crippen molar-refractivity contribution < 1.29 is 0 Å². The van der Waals surface area contributed by atoms with Crippen LogP contribution >= 0.6 is 0 Å². The third-order valence-corrected chi connectivity index (χ3v) is 2.36. The zero-order chi connectivity index (χ0) is 12.2. The van der Waals surface area contributed by atoms with Crippen molar-refractivity contribution in [2.45, 2.75) is 46.2 Å². The van der Waals surface area contributed by atoms with Crippen molar-refractivity contribution in [3.63, 3.8) is 0 Å². The van der Waals surface area contributed by atoms with E-state index in [0.29, 0.717) is 0 Å².